The number of nitrogens with zero attached hydrogens (tertiary/aromatic N) is 1. The highest BCUT2D eigenvalue weighted by Crippen LogP contribution is 2.21. The van der Waals surface area contributed by atoms with Crippen LogP contribution >= 0.6 is 0 Å². The maximum atomic E-state index is 13.1. The third kappa shape index (κ3) is 3.36. The predicted octanol–water partition coefficient (Wildman–Crippen LogP) is 0.642. The van der Waals surface area contributed by atoms with Gasteiger partial charge in [-0.15, -0.1) is 0 Å². The van der Waals surface area contributed by atoms with E-state index >= 15 is 0 Å². The lowest BCUT2D eigenvalue weighted by molar-refractivity contribution is -0.150. The van der Waals surface area contributed by atoms with Crippen molar-refractivity contribution in [3.63, 3.8) is 0 Å². The van der Waals surface area contributed by atoms with Gasteiger partial charge in [-0.3, -0.25) is 4.79 Å². The smallest absolute Gasteiger partial charge is 0.328 e. The van der Waals surface area contributed by atoms with E-state index in [9.17, 15) is 23.5 Å². The minimum Gasteiger partial charge on any atom is -0.467 e. The zero-order valence-electron chi connectivity index (χ0n) is 11.4. The molecule has 1 N–H and O–H groups in total. The highest BCUT2D eigenvalue weighted by molar-refractivity contribution is 5.86. The Morgan fingerprint density at radius 3 is 2.71 bits per heavy atom. The van der Waals surface area contributed by atoms with E-state index in [0.29, 0.717) is 5.56 Å². The van der Waals surface area contributed by atoms with Crippen LogP contribution in [0.2, 0.25) is 0 Å². The zero-order valence-corrected chi connectivity index (χ0v) is 11.4. The van der Waals surface area contributed by atoms with Gasteiger partial charge in [-0.2, -0.15) is 0 Å². The maximum absolute atomic E-state index is 13.1. The van der Waals surface area contributed by atoms with Crippen molar-refractivity contribution in [1.29, 1.82) is 0 Å². The molecule has 0 spiro atoms. The van der Waals surface area contributed by atoms with E-state index < -0.39 is 35.7 Å². The summed E-state index contributed by atoms with van der Waals surface area (Å²) in [5, 5.41) is 9.60. The zero-order chi connectivity index (χ0) is 15.6. The Balaban J connectivity index is 2.11. The highest BCUT2D eigenvalue weighted by atomic mass is 19.2. The number of hydrogen-bond acceptors (Lipinski definition) is 4. The fourth-order valence-corrected chi connectivity index (χ4v) is 2.37. The number of ether oxygens (including phenoxy) is 1. The first-order chi connectivity index (χ1) is 9.92. The van der Waals surface area contributed by atoms with Gasteiger partial charge >= 0.3 is 5.97 Å². The lowest BCUT2D eigenvalue weighted by atomic mass is 10.1. The minimum absolute atomic E-state index is 0.0161. The molecule has 0 aliphatic carbocycles. The summed E-state index contributed by atoms with van der Waals surface area (Å²) < 4.78 is 30.5. The molecular formula is C14H15F2NO4. The first-order valence-corrected chi connectivity index (χ1v) is 6.41. The number of amides is 1. The molecule has 5 nitrogen and oxygen atoms in total. The Hall–Kier alpha value is -2.02. The Labute approximate surface area is 120 Å². The standard InChI is InChI=1S/C14H15F2NO4/c1-21-14(20)12-6-9(18)7-17(12)13(19)5-8-2-3-10(15)11(16)4-8/h2-4,9,12,18H,5-7H2,1H3. The summed E-state index contributed by atoms with van der Waals surface area (Å²) in [6.07, 6.45) is -0.879. The molecule has 1 aromatic carbocycles. The fraction of sp³-hybridized carbons (Fsp3) is 0.429. The molecule has 2 rings (SSSR count). The molecule has 0 radical (unpaired) electrons. The van der Waals surface area contributed by atoms with Gasteiger partial charge in [0.25, 0.3) is 0 Å². The van der Waals surface area contributed by atoms with Crippen LogP contribution in [0.4, 0.5) is 8.78 Å². The Morgan fingerprint density at radius 1 is 1.38 bits per heavy atom. The van der Waals surface area contributed by atoms with E-state index in [4.69, 9.17) is 0 Å². The van der Waals surface area contributed by atoms with E-state index in [0.717, 1.165) is 12.1 Å². The number of benzene rings is 1. The van der Waals surface area contributed by atoms with Crippen LogP contribution in [0.3, 0.4) is 0 Å². The number of likely N-dealkylation sites (tertiary alicyclic amines) is 1. The van der Waals surface area contributed by atoms with Crippen LogP contribution in [0.25, 0.3) is 0 Å². The molecule has 2 unspecified atom stereocenters. The quantitative estimate of drug-likeness (QED) is 0.832. The second-order valence-electron chi connectivity index (χ2n) is 4.90. The number of carbonyl (C=O) groups excluding carboxylic acids is 2. The average Bonchev–Trinajstić information content (AvgIpc) is 2.84. The third-order valence-electron chi connectivity index (χ3n) is 3.41. The van der Waals surface area contributed by atoms with Gasteiger partial charge in [0.05, 0.1) is 19.6 Å². The second kappa shape index (κ2) is 6.17. The lowest BCUT2D eigenvalue weighted by Gasteiger charge is -2.22. The molecule has 1 aromatic rings. The summed E-state index contributed by atoms with van der Waals surface area (Å²) in [6.45, 7) is 0.0161. The number of aliphatic hydroxyl groups excluding tert-OH is 1. The Bertz CT molecular complexity index is 564. The first kappa shape index (κ1) is 15.4. The summed E-state index contributed by atoms with van der Waals surface area (Å²) in [7, 11) is 1.20. The molecule has 7 heteroatoms. The summed E-state index contributed by atoms with van der Waals surface area (Å²) in [5.41, 5.74) is 0.295. The first-order valence-electron chi connectivity index (χ1n) is 6.41. The molecule has 1 aliphatic heterocycles. The van der Waals surface area contributed by atoms with Crippen molar-refractivity contribution in [3.05, 3.63) is 35.4 Å². The van der Waals surface area contributed by atoms with Gasteiger partial charge in [0.15, 0.2) is 11.6 Å². The topological polar surface area (TPSA) is 66.8 Å². The fourth-order valence-electron chi connectivity index (χ4n) is 2.37. The van der Waals surface area contributed by atoms with E-state index in [1.165, 1.54) is 18.1 Å². The van der Waals surface area contributed by atoms with Crippen LogP contribution in [-0.2, 0) is 20.7 Å². The van der Waals surface area contributed by atoms with Gasteiger partial charge < -0.3 is 14.7 Å². The number of halogens is 2. The second-order valence-corrected chi connectivity index (χ2v) is 4.90. The third-order valence-corrected chi connectivity index (χ3v) is 3.41. The van der Waals surface area contributed by atoms with Crippen molar-refractivity contribution >= 4 is 11.9 Å². The molecular weight excluding hydrogens is 284 g/mol. The summed E-state index contributed by atoms with van der Waals surface area (Å²) >= 11 is 0. The Kier molecular flexibility index (Phi) is 4.52. The predicted molar refractivity (Wildman–Crippen MR) is 68.2 cm³/mol. The summed E-state index contributed by atoms with van der Waals surface area (Å²) in [5.74, 6) is -3.08. The largest absolute Gasteiger partial charge is 0.467 e. The number of esters is 1. The molecule has 1 aliphatic rings. The van der Waals surface area contributed by atoms with Crippen molar-refractivity contribution in [2.75, 3.05) is 13.7 Å². The number of carbonyl (C=O) groups is 2. The molecule has 1 heterocycles. The summed E-state index contributed by atoms with van der Waals surface area (Å²) in [4.78, 5) is 25.0. The van der Waals surface area contributed by atoms with E-state index in [-0.39, 0.29) is 19.4 Å². The van der Waals surface area contributed by atoms with Crippen molar-refractivity contribution in [1.82, 2.24) is 4.90 Å². The van der Waals surface area contributed by atoms with Crippen LogP contribution < -0.4 is 0 Å². The van der Waals surface area contributed by atoms with Gasteiger partial charge in [-0.05, 0) is 17.7 Å². The number of methoxy groups -OCH3 is 1. The maximum Gasteiger partial charge on any atom is 0.328 e. The van der Waals surface area contributed by atoms with Crippen molar-refractivity contribution < 1.29 is 28.2 Å². The molecule has 0 aromatic heterocycles. The van der Waals surface area contributed by atoms with Crippen LogP contribution in [0.1, 0.15) is 12.0 Å². The van der Waals surface area contributed by atoms with Gasteiger partial charge in [0.1, 0.15) is 6.04 Å². The summed E-state index contributed by atoms with van der Waals surface area (Å²) in [6, 6.07) is 2.33. The molecule has 1 fully saturated rings. The SMILES string of the molecule is COC(=O)C1CC(O)CN1C(=O)Cc1ccc(F)c(F)c1. The van der Waals surface area contributed by atoms with Crippen molar-refractivity contribution in [3.8, 4) is 0 Å². The average molecular weight is 299 g/mol. The molecule has 1 amide bonds. The van der Waals surface area contributed by atoms with Gasteiger partial charge in [-0.1, -0.05) is 6.07 Å². The molecule has 114 valence electrons. The normalized spacial score (nSPS) is 21.4. The van der Waals surface area contributed by atoms with Gasteiger partial charge in [-0.25, -0.2) is 13.6 Å². The van der Waals surface area contributed by atoms with E-state index in [2.05, 4.69) is 4.74 Å². The van der Waals surface area contributed by atoms with Gasteiger partial charge in [0, 0.05) is 13.0 Å². The van der Waals surface area contributed by atoms with Crippen LogP contribution in [-0.4, -0.2) is 47.7 Å². The number of aliphatic hydroxyl groups is 1. The number of β-amino-alcohol motifs (C(OH)–C–C–N with tert-alkyl or cyclic N) is 1. The monoisotopic (exact) mass is 299 g/mol. The van der Waals surface area contributed by atoms with E-state index in [1.54, 1.807) is 0 Å². The van der Waals surface area contributed by atoms with E-state index in [1.807, 2.05) is 0 Å². The Morgan fingerprint density at radius 2 is 2.10 bits per heavy atom. The van der Waals surface area contributed by atoms with Crippen LogP contribution in [0, 0.1) is 11.6 Å². The number of rotatable bonds is 3. The van der Waals surface area contributed by atoms with Gasteiger partial charge in [0.2, 0.25) is 5.91 Å². The van der Waals surface area contributed by atoms with Crippen molar-refractivity contribution in [2.24, 2.45) is 0 Å². The van der Waals surface area contributed by atoms with Crippen LogP contribution in [0.15, 0.2) is 18.2 Å². The van der Waals surface area contributed by atoms with Crippen molar-refractivity contribution in [2.45, 2.75) is 25.0 Å². The molecule has 0 bridgehead atoms. The molecule has 2 atom stereocenters. The molecule has 0 saturated carbocycles. The van der Waals surface area contributed by atoms with Crippen LogP contribution in [0.5, 0.6) is 0 Å². The molecule has 1 saturated heterocycles. The number of hydrogen-bond donors (Lipinski definition) is 1. The minimum atomic E-state index is -1.04. The molecule has 21 heavy (non-hydrogen) atoms. The highest BCUT2D eigenvalue weighted by Gasteiger charge is 2.39. The lowest BCUT2D eigenvalue weighted by Crippen LogP contribution is -2.42.